The number of amides is 2. The highest BCUT2D eigenvalue weighted by atomic mass is 16.5. The monoisotopic (exact) mass is 402 g/mol. The second-order valence-electron chi connectivity index (χ2n) is 9.12. The molecule has 6 heteroatoms. The summed E-state index contributed by atoms with van der Waals surface area (Å²) in [6.07, 6.45) is 3.46. The number of carbonyl (C=O) groups is 2. The quantitative estimate of drug-likeness (QED) is 0.771. The van der Waals surface area contributed by atoms with Gasteiger partial charge in [0.25, 0.3) is 0 Å². The van der Waals surface area contributed by atoms with Gasteiger partial charge < -0.3 is 19.3 Å². The highest BCUT2D eigenvalue weighted by Crippen LogP contribution is 2.38. The van der Waals surface area contributed by atoms with Crippen LogP contribution < -0.4 is 9.47 Å². The Hall–Kier alpha value is -2.24. The molecule has 0 saturated carbocycles. The fraction of sp³-hybridized carbons (Fsp3) is 0.652. The first-order valence-electron chi connectivity index (χ1n) is 10.6. The van der Waals surface area contributed by atoms with E-state index in [2.05, 4.69) is 0 Å². The Kier molecular flexibility index (Phi) is 6.39. The summed E-state index contributed by atoms with van der Waals surface area (Å²) < 4.78 is 10.8. The lowest BCUT2D eigenvalue weighted by molar-refractivity contribution is -0.145. The third-order valence-corrected chi connectivity index (χ3v) is 6.10. The molecular formula is C23H34N2O4. The Labute approximate surface area is 174 Å². The van der Waals surface area contributed by atoms with Crippen molar-refractivity contribution in [3.63, 3.8) is 0 Å². The molecule has 0 aliphatic carbocycles. The van der Waals surface area contributed by atoms with Crippen molar-refractivity contribution in [2.75, 3.05) is 33.9 Å². The zero-order valence-electron chi connectivity index (χ0n) is 18.4. The van der Waals surface area contributed by atoms with Crippen LogP contribution in [0.1, 0.15) is 58.1 Å². The molecule has 2 aliphatic heterocycles. The highest BCUT2D eigenvalue weighted by molar-refractivity contribution is 5.83. The lowest BCUT2D eigenvalue weighted by atomic mass is 9.90. The van der Waals surface area contributed by atoms with Gasteiger partial charge in [-0.1, -0.05) is 26.8 Å². The van der Waals surface area contributed by atoms with Crippen LogP contribution in [-0.4, -0.2) is 55.5 Å². The van der Waals surface area contributed by atoms with E-state index in [1.54, 1.807) is 14.2 Å². The molecule has 1 unspecified atom stereocenters. The number of nitrogens with zero attached hydrogens (tertiary/aromatic N) is 2. The van der Waals surface area contributed by atoms with Crippen LogP contribution >= 0.6 is 0 Å². The number of carbonyl (C=O) groups excluding carboxylic acids is 2. The maximum absolute atomic E-state index is 13.3. The molecule has 3 rings (SSSR count). The van der Waals surface area contributed by atoms with Crippen molar-refractivity contribution >= 4 is 11.8 Å². The average molecular weight is 403 g/mol. The minimum Gasteiger partial charge on any atom is -0.493 e. The molecule has 0 radical (unpaired) electrons. The molecule has 0 N–H and O–H groups in total. The van der Waals surface area contributed by atoms with Gasteiger partial charge in [-0.05, 0) is 43.4 Å². The number of piperidine rings is 1. The van der Waals surface area contributed by atoms with Crippen molar-refractivity contribution in [1.29, 1.82) is 0 Å². The van der Waals surface area contributed by atoms with Gasteiger partial charge in [-0.15, -0.1) is 0 Å². The highest BCUT2D eigenvalue weighted by Gasteiger charge is 2.37. The van der Waals surface area contributed by atoms with Crippen LogP contribution in [0.25, 0.3) is 0 Å². The number of likely N-dealkylation sites (tertiary alicyclic amines) is 2. The zero-order valence-corrected chi connectivity index (χ0v) is 18.4. The fourth-order valence-electron chi connectivity index (χ4n) is 4.48. The molecule has 6 nitrogen and oxygen atoms in total. The maximum atomic E-state index is 13.3. The van der Waals surface area contributed by atoms with Crippen molar-refractivity contribution in [2.45, 2.75) is 52.5 Å². The number of hydrogen-bond acceptors (Lipinski definition) is 4. The molecule has 0 spiro atoms. The second kappa shape index (κ2) is 8.64. The predicted octanol–water partition coefficient (Wildman–Crippen LogP) is 3.65. The average Bonchev–Trinajstić information content (AvgIpc) is 3.21. The summed E-state index contributed by atoms with van der Waals surface area (Å²) in [6.45, 7) is 7.97. The van der Waals surface area contributed by atoms with Gasteiger partial charge in [0.15, 0.2) is 11.5 Å². The van der Waals surface area contributed by atoms with Crippen LogP contribution in [0.3, 0.4) is 0 Å². The standard InChI is InChI=1S/C23H34N2O4/c1-23(2,3)22(27)24-13-10-16(11-14-24)21(26)25-12-6-7-18(25)17-8-9-19(28-4)20(15-17)29-5/h8-9,15-16,18H,6-7,10-14H2,1-5H3. The van der Waals surface area contributed by atoms with Gasteiger partial charge in [0.2, 0.25) is 11.8 Å². The Morgan fingerprint density at radius 3 is 2.21 bits per heavy atom. The van der Waals surface area contributed by atoms with E-state index >= 15 is 0 Å². The van der Waals surface area contributed by atoms with E-state index in [0.717, 1.165) is 37.8 Å². The molecule has 1 aromatic rings. The summed E-state index contributed by atoms with van der Waals surface area (Å²) in [6, 6.07) is 6.00. The van der Waals surface area contributed by atoms with Crippen molar-refractivity contribution in [2.24, 2.45) is 11.3 Å². The van der Waals surface area contributed by atoms with Crippen LogP contribution in [0.2, 0.25) is 0 Å². The fourth-order valence-corrected chi connectivity index (χ4v) is 4.48. The topological polar surface area (TPSA) is 59.1 Å². The van der Waals surface area contributed by atoms with E-state index in [9.17, 15) is 9.59 Å². The van der Waals surface area contributed by atoms with Crippen LogP contribution in [0.15, 0.2) is 18.2 Å². The molecule has 2 heterocycles. The van der Waals surface area contributed by atoms with E-state index < -0.39 is 0 Å². The molecule has 2 fully saturated rings. The van der Waals surface area contributed by atoms with Crippen LogP contribution in [0.4, 0.5) is 0 Å². The first-order valence-corrected chi connectivity index (χ1v) is 10.6. The predicted molar refractivity (Wildman–Crippen MR) is 112 cm³/mol. The van der Waals surface area contributed by atoms with Gasteiger partial charge >= 0.3 is 0 Å². The first kappa shape index (κ1) is 21.5. The normalized spacial score (nSPS) is 20.7. The third-order valence-electron chi connectivity index (χ3n) is 6.10. The Bertz CT molecular complexity index is 748. The Morgan fingerprint density at radius 2 is 1.62 bits per heavy atom. The molecular weight excluding hydrogens is 368 g/mol. The van der Waals surface area contributed by atoms with Gasteiger partial charge in [-0.2, -0.15) is 0 Å². The zero-order chi connectivity index (χ0) is 21.2. The molecule has 160 valence electrons. The lowest BCUT2D eigenvalue weighted by Crippen LogP contribution is -2.47. The van der Waals surface area contributed by atoms with Crippen LogP contribution in [0, 0.1) is 11.3 Å². The van der Waals surface area contributed by atoms with E-state index in [1.807, 2.05) is 48.8 Å². The van der Waals surface area contributed by atoms with E-state index in [0.29, 0.717) is 24.6 Å². The molecule has 2 saturated heterocycles. The number of rotatable bonds is 4. The summed E-state index contributed by atoms with van der Waals surface area (Å²) in [7, 11) is 3.26. The minimum atomic E-state index is -0.371. The van der Waals surface area contributed by atoms with Gasteiger partial charge in [-0.3, -0.25) is 9.59 Å². The van der Waals surface area contributed by atoms with Crippen molar-refractivity contribution in [3.8, 4) is 11.5 Å². The van der Waals surface area contributed by atoms with E-state index in [4.69, 9.17) is 9.47 Å². The molecule has 2 amide bonds. The van der Waals surface area contributed by atoms with Crippen LogP contribution in [-0.2, 0) is 9.59 Å². The Morgan fingerprint density at radius 1 is 0.966 bits per heavy atom. The number of benzene rings is 1. The smallest absolute Gasteiger partial charge is 0.227 e. The molecule has 1 aromatic carbocycles. The number of hydrogen-bond donors (Lipinski definition) is 0. The summed E-state index contributed by atoms with van der Waals surface area (Å²) in [5, 5.41) is 0. The molecule has 0 aromatic heterocycles. The SMILES string of the molecule is COc1ccc(C2CCCN2C(=O)C2CCN(C(=O)C(C)(C)C)CC2)cc1OC. The molecule has 29 heavy (non-hydrogen) atoms. The summed E-state index contributed by atoms with van der Waals surface area (Å²) in [5.41, 5.74) is 0.721. The molecule has 2 aliphatic rings. The summed E-state index contributed by atoms with van der Waals surface area (Å²) in [4.78, 5) is 29.8. The van der Waals surface area contributed by atoms with Crippen LogP contribution in [0.5, 0.6) is 11.5 Å². The number of ether oxygens (including phenoxy) is 2. The summed E-state index contributed by atoms with van der Waals surface area (Å²) >= 11 is 0. The maximum Gasteiger partial charge on any atom is 0.227 e. The van der Waals surface area contributed by atoms with Crippen molar-refractivity contribution < 1.29 is 19.1 Å². The first-order chi connectivity index (χ1) is 13.8. The number of methoxy groups -OCH3 is 2. The van der Waals surface area contributed by atoms with Gasteiger partial charge in [0.1, 0.15) is 0 Å². The van der Waals surface area contributed by atoms with Gasteiger partial charge in [0.05, 0.1) is 20.3 Å². The van der Waals surface area contributed by atoms with E-state index in [-0.39, 0.29) is 29.2 Å². The lowest BCUT2D eigenvalue weighted by Gasteiger charge is -2.37. The van der Waals surface area contributed by atoms with Gasteiger partial charge in [-0.25, -0.2) is 0 Å². The van der Waals surface area contributed by atoms with Crippen molar-refractivity contribution in [3.05, 3.63) is 23.8 Å². The van der Waals surface area contributed by atoms with Gasteiger partial charge in [0, 0.05) is 31.0 Å². The molecule has 0 bridgehead atoms. The minimum absolute atomic E-state index is 0.000220. The third kappa shape index (κ3) is 4.51. The summed E-state index contributed by atoms with van der Waals surface area (Å²) in [5.74, 6) is 1.79. The van der Waals surface area contributed by atoms with Crippen molar-refractivity contribution in [1.82, 2.24) is 9.80 Å². The van der Waals surface area contributed by atoms with E-state index in [1.165, 1.54) is 0 Å². The molecule has 1 atom stereocenters. The largest absolute Gasteiger partial charge is 0.493 e. The second-order valence-corrected chi connectivity index (χ2v) is 9.12. The Balaban J connectivity index is 1.68.